The summed E-state index contributed by atoms with van der Waals surface area (Å²) in [5.74, 6) is -0.988. The molecule has 1 aliphatic heterocycles. The number of pyridine rings is 1. The minimum Gasteiger partial charge on any atom is -0.507 e. The van der Waals surface area contributed by atoms with Gasteiger partial charge in [-0.05, 0) is 31.5 Å². The van der Waals surface area contributed by atoms with Crippen LogP contribution in [0.25, 0.3) is 0 Å². The van der Waals surface area contributed by atoms with Gasteiger partial charge in [-0.15, -0.1) is 0 Å². The molecule has 150 valence electrons. The van der Waals surface area contributed by atoms with E-state index in [2.05, 4.69) is 10.2 Å². The second-order valence-electron chi connectivity index (χ2n) is 6.77. The zero-order valence-corrected chi connectivity index (χ0v) is 16.5. The Labute approximate surface area is 168 Å². The molecular weight excluding hydrogens is 382 g/mol. The molecule has 0 unspecified atom stereocenters. The second kappa shape index (κ2) is 9.23. The average molecular weight is 406 g/mol. The fraction of sp³-hybridized carbons (Fsp3) is 0.400. The van der Waals surface area contributed by atoms with Crippen LogP contribution in [0.4, 0.5) is 5.69 Å². The molecule has 0 aliphatic carbocycles. The standard InChI is InChI=1S/C20H24ClN3O4/c1-14-12-17(25)18(19(26)22-16-5-2-4-15(21)13-16)20(27)24(14)7-3-6-23-8-10-28-11-9-23/h2,4-5,12-13,25H,3,6-11H2,1H3,(H,22,26). The van der Waals surface area contributed by atoms with Crippen LogP contribution >= 0.6 is 11.6 Å². The van der Waals surface area contributed by atoms with E-state index in [1.165, 1.54) is 10.6 Å². The van der Waals surface area contributed by atoms with Gasteiger partial charge in [0.1, 0.15) is 11.3 Å². The van der Waals surface area contributed by atoms with E-state index in [9.17, 15) is 14.7 Å². The number of aromatic nitrogens is 1. The minimum atomic E-state index is -0.660. The molecule has 2 aromatic rings. The molecule has 0 radical (unpaired) electrons. The quantitative estimate of drug-likeness (QED) is 0.771. The van der Waals surface area contributed by atoms with Gasteiger partial charge in [0.2, 0.25) is 0 Å². The summed E-state index contributed by atoms with van der Waals surface area (Å²) in [7, 11) is 0. The molecule has 0 spiro atoms. The Kier molecular flexibility index (Phi) is 6.72. The van der Waals surface area contributed by atoms with E-state index in [-0.39, 0.29) is 11.3 Å². The monoisotopic (exact) mass is 405 g/mol. The van der Waals surface area contributed by atoms with E-state index in [1.807, 2.05) is 0 Å². The van der Waals surface area contributed by atoms with Gasteiger partial charge in [-0.1, -0.05) is 17.7 Å². The Hall–Kier alpha value is -2.35. The largest absolute Gasteiger partial charge is 0.507 e. The van der Waals surface area contributed by atoms with Gasteiger partial charge in [-0.2, -0.15) is 0 Å². The molecule has 0 bridgehead atoms. The molecule has 1 aliphatic rings. The topological polar surface area (TPSA) is 83.8 Å². The van der Waals surface area contributed by atoms with E-state index in [4.69, 9.17) is 16.3 Å². The molecule has 2 N–H and O–H groups in total. The number of benzene rings is 1. The average Bonchev–Trinajstić information content (AvgIpc) is 2.65. The lowest BCUT2D eigenvalue weighted by Crippen LogP contribution is -2.37. The Morgan fingerprint density at radius 2 is 2.00 bits per heavy atom. The summed E-state index contributed by atoms with van der Waals surface area (Å²) < 4.78 is 6.87. The Morgan fingerprint density at radius 1 is 1.25 bits per heavy atom. The number of hydrogen-bond donors (Lipinski definition) is 2. The zero-order valence-electron chi connectivity index (χ0n) is 15.8. The molecule has 0 saturated carbocycles. The number of aromatic hydroxyl groups is 1. The third-order valence-corrected chi connectivity index (χ3v) is 4.99. The highest BCUT2D eigenvalue weighted by molar-refractivity contribution is 6.31. The second-order valence-corrected chi connectivity index (χ2v) is 7.21. The van der Waals surface area contributed by atoms with Crippen molar-refractivity contribution in [3.8, 4) is 5.75 Å². The number of halogens is 1. The maximum absolute atomic E-state index is 12.9. The van der Waals surface area contributed by atoms with Crippen molar-refractivity contribution >= 4 is 23.2 Å². The zero-order chi connectivity index (χ0) is 20.1. The van der Waals surface area contributed by atoms with Crippen LogP contribution in [0.5, 0.6) is 5.75 Å². The van der Waals surface area contributed by atoms with Crippen molar-refractivity contribution in [1.29, 1.82) is 0 Å². The first-order valence-corrected chi connectivity index (χ1v) is 9.64. The number of nitrogens with one attached hydrogen (secondary N) is 1. The number of anilines is 1. The third-order valence-electron chi connectivity index (χ3n) is 4.76. The number of ether oxygens (including phenoxy) is 1. The number of rotatable bonds is 6. The van der Waals surface area contributed by atoms with Crippen molar-refractivity contribution in [1.82, 2.24) is 9.47 Å². The highest BCUT2D eigenvalue weighted by Crippen LogP contribution is 2.19. The van der Waals surface area contributed by atoms with Gasteiger partial charge in [0.05, 0.1) is 13.2 Å². The molecule has 1 aromatic heterocycles. The van der Waals surface area contributed by atoms with E-state index < -0.39 is 11.5 Å². The lowest BCUT2D eigenvalue weighted by atomic mass is 10.2. The summed E-state index contributed by atoms with van der Waals surface area (Å²) in [5, 5.41) is 13.3. The first-order chi connectivity index (χ1) is 13.5. The van der Waals surface area contributed by atoms with Crippen molar-refractivity contribution < 1.29 is 14.6 Å². The van der Waals surface area contributed by atoms with Gasteiger partial charge in [0.25, 0.3) is 11.5 Å². The van der Waals surface area contributed by atoms with Crippen molar-refractivity contribution in [2.24, 2.45) is 0 Å². The van der Waals surface area contributed by atoms with Gasteiger partial charge in [0.15, 0.2) is 0 Å². The Balaban J connectivity index is 1.75. The smallest absolute Gasteiger partial charge is 0.267 e. The molecule has 0 atom stereocenters. The van der Waals surface area contributed by atoms with E-state index >= 15 is 0 Å². The highest BCUT2D eigenvalue weighted by atomic mass is 35.5. The number of amides is 1. The number of morpholine rings is 1. The minimum absolute atomic E-state index is 0.267. The Bertz CT molecular complexity index is 907. The van der Waals surface area contributed by atoms with Crippen molar-refractivity contribution in [3.05, 3.63) is 57.0 Å². The van der Waals surface area contributed by atoms with Crippen molar-refractivity contribution in [2.75, 3.05) is 38.2 Å². The summed E-state index contributed by atoms with van der Waals surface area (Å²) in [6, 6.07) is 8.06. The predicted octanol–water partition coefficient (Wildman–Crippen LogP) is 2.49. The number of hydrogen-bond acceptors (Lipinski definition) is 5. The molecule has 28 heavy (non-hydrogen) atoms. The first kappa shape index (κ1) is 20.4. The molecule has 2 heterocycles. The number of aryl methyl sites for hydroxylation is 1. The SMILES string of the molecule is Cc1cc(O)c(C(=O)Nc2cccc(Cl)c2)c(=O)n1CCCN1CCOCC1. The van der Waals surface area contributed by atoms with Crippen molar-refractivity contribution in [3.63, 3.8) is 0 Å². The highest BCUT2D eigenvalue weighted by Gasteiger charge is 2.20. The molecule has 3 rings (SSSR count). The summed E-state index contributed by atoms with van der Waals surface area (Å²) in [6.45, 7) is 6.29. The molecule has 8 heteroatoms. The van der Waals surface area contributed by atoms with Crippen LogP contribution in [-0.2, 0) is 11.3 Å². The molecular formula is C20H24ClN3O4. The van der Waals surface area contributed by atoms with Crippen LogP contribution in [0.1, 0.15) is 22.5 Å². The summed E-state index contributed by atoms with van der Waals surface area (Å²) in [5.41, 5.74) is 0.301. The summed E-state index contributed by atoms with van der Waals surface area (Å²) in [4.78, 5) is 27.8. The normalized spacial score (nSPS) is 14.8. The van der Waals surface area contributed by atoms with Crippen LogP contribution in [0.2, 0.25) is 5.02 Å². The molecule has 1 fully saturated rings. The first-order valence-electron chi connectivity index (χ1n) is 9.26. The van der Waals surface area contributed by atoms with Crippen LogP contribution < -0.4 is 10.9 Å². The number of nitrogens with zero attached hydrogens (tertiary/aromatic N) is 2. The lowest BCUT2D eigenvalue weighted by molar-refractivity contribution is 0.0369. The maximum Gasteiger partial charge on any atom is 0.267 e. The molecule has 1 amide bonds. The van der Waals surface area contributed by atoms with E-state index in [1.54, 1.807) is 31.2 Å². The third kappa shape index (κ3) is 4.92. The van der Waals surface area contributed by atoms with Gasteiger partial charge in [-0.25, -0.2) is 0 Å². The van der Waals surface area contributed by atoms with Crippen LogP contribution in [0.15, 0.2) is 35.1 Å². The molecule has 1 saturated heterocycles. The van der Waals surface area contributed by atoms with Gasteiger partial charge in [-0.3, -0.25) is 14.5 Å². The fourth-order valence-electron chi connectivity index (χ4n) is 3.28. The lowest BCUT2D eigenvalue weighted by Gasteiger charge is -2.26. The molecule has 1 aromatic carbocycles. The van der Waals surface area contributed by atoms with E-state index in [0.717, 1.165) is 39.3 Å². The van der Waals surface area contributed by atoms with Crippen LogP contribution in [0, 0.1) is 6.92 Å². The summed E-state index contributed by atoms with van der Waals surface area (Å²) in [6.07, 6.45) is 0.765. The van der Waals surface area contributed by atoms with Gasteiger partial charge in [0, 0.05) is 48.6 Å². The Morgan fingerprint density at radius 3 is 2.71 bits per heavy atom. The molecule has 7 nitrogen and oxygen atoms in total. The fourth-order valence-corrected chi connectivity index (χ4v) is 3.47. The van der Waals surface area contributed by atoms with Gasteiger partial charge >= 0.3 is 0 Å². The summed E-state index contributed by atoms with van der Waals surface area (Å²) >= 11 is 5.93. The van der Waals surface area contributed by atoms with Crippen molar-refractivity contribution in [2.45, 2.75) is 19.9 Å². The number of carbonyl (C=O) groups excluding carboxylic acids is 1. The van der Waals surface area contributed by atoms with Crippen LogP contribution in [-0.4, -0.2) is 53.3 Å². The van der Waals surface area contributed by atoms with Crippen LogP contribution in [0.3, 0.4) is 0 Å². The number of carbonyl (C=O) groups is 1. The van der Waals surface area contributed by atoms with E-state index in [0.29, 0.717) is 22.9 Å². The van der Waals surface area contributed by atoms with Gasteiger partial charge < -0.3 is 19.7 Å². The predicted molar refractivity (Wildman–Crippen MR) is 108 cm³/mol. The maximum atomic E-state index is 12.9.